The average molecular weight is 253 g/mol. The Labute approximate surface area is 108 Å². The van der Waals surface area contributed by atoms with E-state index in [-0.39, 0.29) is 6.04 Å². The van der Waals surface area contributed by atoms with E-state index in [0.717, 1.165) is 25.4 Å². The molecule has 5 heteroatoms. The number of nitrogens with zero attached hydrogens (tertiary/aromatic N) is 2. The van der Waals surface area contributed by atoms with E-state index in [1.54, 1.807) is 7.11 Å². The minimum atomic E-state index is 0.243. The van der Waals surface area contributed by atoms with Crippen molar-refractivity contribution in [3.63, 3.8) is 0 Å². The van der Waals surface area contributed by atoms with Crippen LogP contribution in [-0.2, 0) is 9.47 Å². The zero-order valence-corrected chi connectivity index (χ0v) is 11.4. The fourth-order valence-corrected chi connectivity index (χ4v) is 2.43. The Balaban J connectivity index is 2.02. The van der Waals surface area contributed by atoms with Gasteiger partial charge in [0.05, 0.1) is 18.8 Å². The topological polar surface area (TPSA) is 48.3 Å². The van der Waals surface area contributed by atoms with Gasteiger partial charge in [0, 0.05) is 32.2 Å². The summed E-state index contributed by atoms with van der Waals surface area (Å²) in [5.41, 5.74) is 0. The molecule has 3 unspecified atom stereocenters. The average Bonchev–Trinajstić information content (AvgIpc) is 2.98. The van der Waals surface area contributed by atoms with Crippen LogP contribution >= 0.6 is 0 Å². The maximum Gasteiger partial charge on any atom is 0.203 e. The highest BCUT2D eigenvalue weighted by atomic mass is 16.5. The van der Waals surface area contributed by atoms with Gasteiger partial charge in [0.2, 0.25) is 5.95 Å². The van der Waals surface area contributed by atoms with Crippen molar-refractivity contribution in [1.29, 1.82) is 0 Å². The Bertz CT molecular complexity index is 361. The molecule has 1 fully saturated rings. The molecule has 0 amide bonds. The number of methoxy groups -OCH3 is 1. The Kier molecular flexibility index (Phi) is 4.60. The number of aromatic nitrogens is 2. The van der Waals surface area contributed by atoms with Gasteiger partial charge >= 0.3 is 0 Å². The molecule has 1 aliphatic rings. The quantitative estimate of drug-likeness (QED) is 0.843. The van der Waals surface area contributed by atoms with Gasteiger partial charge in [-0.25, -0.2) is 4.98 Å². The molecule has 0 spiro atoms. The highest BCUT2D eigenvalue weighted by molar-refractivity contribution is 5.28. The van der Waals surface area contributed by atoms with Crippen LogP contribution in [0, 0.1) is 0 Å². The molecule has 0 aromatic carbocycles. The summed E-state index contributed by atoms with van der Waals surface area (Å²) in [6.07, 6.45) is 6.43. The predicted molar refractivity (Wildman–Crippen MR) is 70.9 cm³/mol. The first-order valence-corrected chi connectivity index (χ1v) is 6.62. The maximum absolute atomic E-state index is 5.74. The van der Waals surface area contributed by atoms with Crippen LogP contribution in [0.2, 0.25) is 0 Å². The lowest BCUT2D eigenvalue weighted by Crippen LogP contribution is -2.26. The summed E-state index contributed by atoms with van der Waals surface area (Å²) in [5, 5.41) is 3.37. The fourth-order valence-electron chi connectivity index (χ4n) is 2.43. The molecular formula is C13H23N3O2. The van der Waals surface area contributed by atoms with Gasteiger partial charge in [0.15, 0.2) is 0 Å². The standard InChI is InChI=1S/C13H23N3O2/c1-10(9-17-3)15-13-14-6-7-16(13)11(2)12-5-4-8-18-12/h6-7,10-12H,4-5,8-9H2,1-3H3,(H,14,15). The summed E-state index contributed by atoms with van der Waals surface area (Å²) in [5.74, 6) is 0.891. The van der Waals surface area contributed by atoms with E-state index in [1.165, 1.54) is 0 Å². The maximum atomic E-state index is 5.74. The number of hydrogen-bond acceptors (Lipinski definition) is 4. The SMILES string of the molecule is COCC(C)Nc1nccn1C(C)C1CCCO1. The Morgan fingerprint density at radius 3 is 3.11 bits per heavy atom. The second-order valence-corrected chi connectivity index (χ2v) is 4.95. The van der Waals surface area contributed by atoms with Gasteiger partial charge in [-0.1, -0.05) is 0 Å². The van der Waals surface area contributed by atoms with E-state index in [1.807, 2.05) is 12.4 Å². The lowest BCUT2D eigenvalue weighted by atomic mass is 10.1. The zero-order valence-electron chi connectivity index (χ0n) is 11.4. The predicted octanol–water partition coefficient (Wildman–Crippen LogP) is 2.07. The second kappa shape index (κ2) is 6.20. The zero-order chi connectivity index (χ0) is 13.0. The van der Waals surface area contributed by atoms with Gasteiger partial charge in [-0.15, -0.1) is 0 Å². The van der Waals surface area contributed by atoms with Crippen molar-refractivity contribution < 1.29 is 9.47 Å². The molecule has 1 aliphatic heterocycles. The van der Waals surface area contributed by atoms with Crippen molar-refractivity contribution in [2.75, 3.05) is 25.6 Å². The third-order valence-corrected chi connectivity index (χ3v) is 3.40. The van der Waals surface area contributed by atoms with Gasteiger partial charge in [0.1, 0.15) is 0 Å². The Morgan fingerprint density at radius 1 is 1.61 bits per heavy atom. The molecule has 0 saturated carbocycles. The minimum Gasteiger partial charge on any atom is -0.383 e. The van der Waals surface area contributed by atoms with Crippen LogP contribution in [0.3, 0.4) is 0 Å². The summed E-state index contributed by atoms with van der Waals surface area (Å²) >= 11 is 0. The molecule has 0 bridgehead atoms. The van der Waals surface area contributed by atoms with Crippen molar-refractivity contribution in [2.24, 2.45) is 0 Å². The normalized spacial score (nSPS) is 22.9. The molecule has 18 heavy (non-hydrogen) atoms. The van der Waals surface area contributed by atoms with Crippen LogP contribution < -0.4 is 5.32 Å². The number of imidazole rings is 1. The number of anilines is 1. The molecule has 0 aliphatic carbocycles. The van der Waals surface area contributed by atoms with Crippen LogP contribution in [0.15, 0.2) is 12.4 Å². The van der Waals surface area contributed by atoms with Crippen LogP contribution in [0.4, 0.5) is 5.95 Å². The van der Waals surface area contributed by atoms with E-state index < -0.39 is 0 Å². The first kappa shape index (κ1) is 13.4. The van der Waals surface area contributed by atoms with Crippen LogP contribution in [0.1, 0.15) is 32.7 Å². The van der Waals surface area contributed by atoms with Gasteiger partial charge in [-0.2, -0.15) is 0 Å². The molecule has 1 aromatic rings. The molecule has 0 radical (unpaired) electrons. The van der Waals surface area contributed by atoms with Gasteiger partial charge in [0.25, 0.3) is 0 Å². The van der Waals surface area contributed by atoms with Crippen LogP contribution in [0.5, 0.6) is 0 Å². The first-order chi connectivity index (χ1) is 8.72. The molecule has 1 aromatic heterocycles. The molecule has 1 saturated heterocycles. The van der Waals surface area contributed by atoms with Crippen molar-refractivity contribution in [2.45, 2.75) is 44.9 Å². The largest absolute Gasteiger partial charge is 0.383 e. The fraction of sp³-hybridized carbons (Fsp3) is 0.769. The minimum absolute atomic E-state index is 0.243. The van der Waals surface area contributed by atoms with Gasteiger partial charge in [-0.05, 0) is 26.7 Å². The van der Waals surface area contributed by atoms with E-state index in [0.29, 0.717) is 18.8 Å². The van der Waals surface area contributed by atoms with Crippen LogP contribution in [-0.4, -0.2) is 42.0 Å². The summed E-state index contributed by atoms with van der Waals surface area (Å²) in [6.45, 7) is 5.82. The highest BCUT2D eigenvalue weighted by Crippen LogP contribution is 2.26. The van der Waals surface area contributed by atoms with E-state index in [2.05, 4.69) is 28.7 Å². The van der Waals surface area contributed by atoms with Crippen molar-refractivity contribution in [3.05, 3.63) is 12.4 Å². The Morgan fingerprint density at radius 2 is 2.44 bits per heavy atom. The number of ether oxygens (including phenoxy) is 2. The molecule has 1 N–H and O–H groups in total. The number of nitrogens with one attached hydrogen (secondary N) is 1. The Hall–Kier alpha value is -1.07. The molecule has 2 rings (SSSR count). The van der Waals surface area contributed by atoms with Crippen molar-refractivity contribution in [3.8, 4) is 0 Å². The first-order valence-electron chi connectivity index (χ1n) is 6.62. The molecular weight excluding hydrogens is 230 g/mol. The number of rotatable bonds is 6. The second-order valence-electron chi connectivity index (χ2n) is 4.95. The molecule has 5 nitrogen and oxygen atoms in total. The lowest BCUT2D eigenvalue weighted by molar-refractivity contribution is 0.0738. The monoisotopic (exact) mass is 253 g/mol. The van der Waals surface area contributed by atoms with E-state index in [9.17, 15) is 0 Å². The lowest BCUT2D eigenvalue weighted by Gasteiger charge is -2.23. The summed E-state index contributed by atoms with van der Waals surface area (Å²) in [6, 6.07) is 0.556. The third-order valence-electron chi connectivity index (χ3n) is 3.40. The third kappa shape index (κ3) is 3.03. The van der Waals surface area contributed by atoms with Crippen molar-refractivity contribution >= 4 is 5.95 Å². The van der Waals surface area contributed by atoms with Crippen LogP contribution in [0.25, 0.3) is 0 Å². The van der Waals surface area contributed by atoms with Gasteiger partial charge < -0.3 is 19.4 Å². The van der Waals surface area contributed by atoms with Crippen molar-refractivity contribution in [1.82, 2.24) is 9.55 Å². The number of hydrogen-bond donors (Lipinski definition) is 1. The highest BCUT2D eigenvalue weighted by Gasteiger charge is 2.25. The van der Waals surface area contributed by atoms with E-state index >= 15 is 0 Å². The van der Waals surface area contributed by atoms with Gasteiger partial charge in [-0.3, -0.25) is 0 Å². The summed E-state index contributed by atoms with van der Waals surface area (Å²) in [4.78, 5) is 4.37. The molecule has 102 valence electrons. The summed E-state index contributed by atoms with van der Waals surface area (Å²) < 4.78 is 13.0. The summed E-state index contributed by atoms with van der Waals surface area (Å²) in [7, 11) is 1.71. The smallest absolute Gasteiger partial charge is 0.203 e. The molecule has 2 heterocycles. The van der Waals surface area contributed by atoms with E-state index in [4.69, 9.17) is 9.47 Å². The molecule has 3 atom stereocenters.